The van der Waals surface area contributed by atoms with Crippen LogP contribution in [0, 0.1) is 23.8 Å². The van der Waals surface area contributed by atoms with Crippen molar-refractivity contribution in [1.29, 1.82) is 5.26 Å². The first-order chi connectivity index (χ1) is 11.6. The molecule has 24 heavy (non-hydrogen) atoms. The van der Waals surface area contributed by atoms with E-state index in [4.69, 9.17) is 6.57 Å². The fourth-order valence-corrected chi connectivity index (χ4v) is 3.21. The van der Waals surface area contributed by atoms with Gasteiger partial charge in [-0.15, -0.1) is 0 Å². The number of nitrogens with zero attached hydrogens (tertiary/aromatic N) is 4. The molecule has 1 aliphatic heterocycles. The van der Waals surface area contributed by atoms with Crippen LogP contribution in [0.3, 0.4) is 0 Å². The van der Waals surface area contributed by atoms with Gasteiger partial charge >= 0.3 is 0 Å². The number of aliphatic imine (C=N–C) groups is 1. The molecule has 2 atom stereocenters. The summed E-state index contributed by atoms with van der Waals surface area (Å²) in [5, 5.41) is 21.1. The Morgan fingerprint density at radius 1 is 1.42 bits per heavy atom. The van der Waals surface area contributed by atoms with Crippen LogP contribution in [0.1, 0.15) is 32.3 Å². The van der Waals surface area contributed by atoms with Crippen molar-refractivity contribution in [3.05, 3.63) is 46.6 Å². The molecular formula is C18H18N6. The third-order valence-electron chi connectivity index (χ3n) is 4.34. The van der Waals surface area contributed by atoms with Crippen LogP contribution in [0.5, 0.6) is 0 Å². The Kier molecular flexibility index (Phi) is 4.05. The topological polar surface area (TPSA) is 81.2 Å². The molecule has 0 saturated carbocycles. The first kappa shape index (κ1) is 15.8. The van der Waals surface area contributed by atoms with Crippen LogP contribution < -0.4 is 5.32 Å². The van der Waals surface area contributed by atoms with E-state index in [1.54, 1.807) is 0 Å². The Labute approximate surface area is 140 Å². The quantitative estimate of drug-likeness (QED) is 0.844. The van der Waals surface area contributed by atoms with E-state index in [2.05, 4.69) is 31.4 Å². The normalized spacial score (nSPS) is 20.5. The Balaban J connectivity index is 2.17. The minimum absolute atomic E-state index is 0.293. The van der Waals surface area contributed by atoms with Gasteiger partial charge in [-0.05, 0) is 38.5 Å². The molecule has 0 bridgehead atoms. The molecule has 6 nitrogen and oxygen atoms in total. The number of rotatable bonds is 3. The highest BCUT2D eigenvalue weighted by molar-refractivity contribution is 5.92. The zero-order chi connectivity index (χ0) is 17.3. The number of hydrogen-bond donors (Lipinski definition) is 2. The van der Waals surface area contributed by atoms with Gasteiger partial charge in [-0.1, -0.05) is 6.07 Å². The molecule has 0 aliphatic carbocycles. The predicted molar refractivity (Wildman–Crippen MR) is 94.5 cm³/mol. The number of nitrogens with one attached hydrogen (secondary N) is 2. The highest BCUT2D eigenvalue weighted by Gasteiger charge is 2.34. The second kappa shape index (κ2) is 6.17. The Morgan fingerprint density at radius 2 is 2.21 bits per heavy atom. The van der Waals surface area contributed by atoms with Gasteiger partial charge in [0.15, 0.2) is 11.5 Å². The molecule has 0 spiro atoms. The number of allylic oxidation sites excluding steroid dienone is 2. The van der Waals surface area contributed by atoms with Gasteiger partial charge in [-0.25, -0.2) is 4.85 Å². The fourth-order valence-electron chi connectivity index (χ4n) is 3.21. The largest absolute Gasteiger partial charge is 0.368 e. The molecule has 1 aliphatic rings. The van der Waals surface area contributed by atoms with E-state index in [1.165, 1.54) is 0 Å². The number of H-pyrrole nitrogens is 1. The fraction of sp³-hybridized carbons (Fsp3) is 0.333. The number of aromatic nitrogens is 2. The van der Waals surface area contributed by atoms with Crippen LogP contribution in [0.4, 0.5) is 5.82 Å². The third kappa shape index (κ3) is 2.43. The van der Waals surface area contributed by atoms with Crippen molar-refractivity contribution < 1.29 is 0 Å². The van der Waals surface area contributed by atoms with Gasteiger partial charge in [-0.2, -0.15) is 10.4 Å². The summed E-state index contributed by atoms with van der Waals surface area (Å²) in [6, 6.07) is 8.25. The van der Waals surface area contributed by atoms with Gasteiger partial charge in [0.05, 0.1) is 24.1 Å². The molecule has 0 saturated heterocycles. The molecule has 3 rings (SSSR count). The average molecular weight is 318 g/mol. The summed E-state index contributed by atoms with van der Waals surface area (Å²) < 4.78 is 0. The lowest BCUT2D eigenvalue weighted by Crippen LogP contribution is -2.24. The van der Waals surface area contributed by atoms with Gasteiger partial charge in [0, 0.05) is 29.3 Å². The number of anilines is 1. The molecule has 0 amide bonds. The molecule has 0 fully saturated rings. The SMILES string of the molecule is [C-]#[N+]C1=C(C)N=C(C)C(C#N)C1c1ccc2[nH]nc(NCC)c2c1. The van der Waals surface area contributed by atoms with Crippen molar-refractivity contribution in [2.45, 2.75) is 26.7 Å². The van der Waals surface area contributed by atoms with Crippen molar-refractivity contribution in [2.75, 3.05) is 11.9 Å². The van der Waals surface area contributed by atoms with Gasteiger partial charge in [0.1, 0.15) is 0 Å². The van der Waals surface area contributed by atoms with Crippen LogP contribution in [0.15, 0.2) is 34.6 Å². The zero-order valence-electron chi connectivity index (χ0n) is 13.9. The first-order valence-corrected chi connectivity index (χ1v) is 7.85. The van der Waals surface area contributed by atoms with Gasteiger partial charge in [-0.3, -0.25) is 10.1 Å². The second-order valence-electron chi connectivity index (χ2n) is 5.83. The maximum atomic E-state index is 9.62. The van der Waals surface area contributed by atoms with Crippen LogP contribution in [-0.4, -0.2) is 22.5 Å². The van der Waals surface area contributed by atoms with E-state index in [1.807, 2.05) is 39.0 Å². The van der Waals surface area contributed by atoms with Crippen molar-refractivity contribution in [2.24, 2.45) is 10.9 Å². The Hall–Kier alpha value is -3.12. The van der Waals surface area contributed by atoms with Gasteiger partial charge in [0.2, 0.25) is 0 Å². The summed E-state index contributed by atoms with van der Waals surface area (Å²) >= 11 is 0. The lowest BCUT2D eigenvalue weighted by atomic mass is 9.79. The summed E-state index contributed by atoms with van der Waals surface area (Å²) in [4.78, 5) is 8.07. The Morgan fingerprint density at radius 3 is 2.88 bits per heavy atom. The number of fused-ring (bicyclic) bond motifs is 1. The molecule has 120 valence electrons. The summed E-state index contributed by atoms with van der Waals surface area (Å²) in [5.74, 6) is 0.0673. The van der Waals surface area contributed by atoms with E-state index in [-0.39, 0.29) is 5.92 Å². The van der Waals surface area contributed by atoms with Gasteiger partial charge in [0.25, 0.3) is 0 Å². The van der Waals surface area contributed by atoms with Crippen molar-refractivity contribution in [3.63, 3.8) is 0 Å². The second-order valence-corrected chi connectivity index (χ2v) is 5.83. The molecule has 2 aromatic rings. The molecular weight excluding hydrogens is 300 g/mol. The lowest BCUT2D eigenvalue weighted by molar-refractivity contribution is 0.700. The van der Waals surface area contributed by atoms with Gasteiger partial charge < -0.3 is 5.32 Å². The minimum atomic E-state index is -0.426. The predicted octanol–water partition coefficient (Wildman–Crippen LogP) is 3.84. The van der Waals surface area contributed by atoms with Crippen molar-refractivity contribution in [1.82, 2.24) is 10.2 Å². The van der Waals surface area contributed by atoms with Crippen molar-refractivity contribution in [3.8, 4) is 6.07 Å². The standard InChI is InChI=1S/C18H18N6/c1-5-21-18-13-8-12(6-7-15(13)23-24-18)16-14(9-19)10(2)22-11(3)17(16)20-4/h6-8,14,16H,5H2,1-3H3,(H2,21,23,24). The maximum absolute atomic E-state index is 9.62. The summed E-state index contributed by atoms with van der Waals surface area (Å²) in [6.07, 6.45) is 0. The van der Waals surface area contributed by atoms with E-state index in [0.29, 0.717) is 11.4 Å². The average Bonchev–Trinajstić information content (AvgIpc) is 2.97. The maximum Gasteiger partial charge on any atom is 0.195 e. The van der Waals surface area contributed by atoms with Crippen LogP contribution >= 0.6 is 0 Å². The van der Waals surface area contributed by atoms with Crippen LogP contribution in [-0.2, 0) is 0 Å². The number of nitriles is 1. The summed E-state index contributed by atoms with van der Waals surface area (Å²) in [7, 11) is 0. The highest BCUT2D eigenvalue weighted by Crippen LogP contribution is 2.40. The molecule has 1 aromatic carbocycles. The van der Waals surface area contributed by atoms with E-state index >= 15 is 0 Å². The van der Waals surface area contributed by atoms with E-state index in [0.717, 1.165) is 34.5 Å². The Bertz CT molecular complexity index is 935. The molecule has 2 unspecified atom stereocenters. The molecule has 2 heterocycles. The summed E-state index contributed by atoms with van der Waals surface area (Å²) in [6.45, 7) is 14.0. The molecule has 0 radical (unpaired) electrons. The zero-order valence-corrected chi connectivity index (χ0v) is 13.9. The number of aromatic amines is 1. The molecule has 2 N–H and O–H groups in total. The van der Waals surface area contributed by atoms with Crippen molar-refractivity contribution >= 4 is 22.4 Å². The third-order valence-corrected chi connectivity index (χ3v) is 4.34. The highest BCUT2D eigenvalue weighted by atomic mass is 15.2. The minimum Gasteiger partial charge on any atom is -0.368 e. The molecule has 1 aromatic heterocycles. The molecule has 6 heteroatoms. The summed E-state index contributed by atoms with van der Waals surface area (Å²) in [5.41, 5.74) is 3.86. The lowest BCUT2D eigenvalue weighted by Gasteiger charge is -2.26. The monoisotopic (exact) mass is 318 g/mol. The smallest absolute Gasteiger partial charge is 0.195 e. The van der Waals surface area contributed by atoms with Crippen LogP contribution in [0.25, 0.3) is 15.7 Å². The van der Waals surface area contributed by atoms with Crippen LogP contribution in [0.2, 0.25) is 0 Å². The number of hydrogen-bond acceptors (Lipinski definition) is 4. The number of benzene rings is 1. The first-order valence-electron chi connectivity index (χ1n) is 7.85. The van der Waals surface area contributed by atoms with E-state index < -0.39 is 5.92 Å². The van der Waals surface area contributed by atoms with E-state index in [9.17, 15) is 5.26 Å².